The van der Waals surface area contributed by atoms with Crippen LogP contribution in [0.5, 0.6) is 0 Å². The average molecular weight is 455 g/mol. The summed E-state index contributed by atoms with van der Waals surface area (Å²) in [7, 11) is 0. The van der Waals surface area contributed by atoms with E-state index < -0.39 is 6.09 Å². The highest BCUT2D eigenvalue weighted by atomic mass is 16.6. The van der Waals surface area contributed by atoms with Crippen molar-refractivity contribution in [2.45, 2.75) is 32.1 Å². The normalized spacial score (nSPS) is 15.4. The molecular formula is C28H26N2O4. The number of nitrogens with zero attached hydrogens (tertiary/aromatic N) is 2. The molecule has 3 aromatic carbocycles. The molecule has 1 saturated heterocycles. The van der Waals surface area contributed by atoms with Crippen LogP contribution >= 0.6 is 0 Å². The molecule has 0 N–H and O–H groups in total. The first-order chi connectivity index (χ1) is 16.7. The second-order valence-corrected chi connectivity index (χ2v) is 8.40. The van der Waals surface area contributed by atoms with Crippen LogP contribution in [0.2, 0.25) is 0 Å². The van der Waals surface area contributed by atoms with Crippen molar-refractivity contribution in [3.05, 3.63) is 108 Å². The van der Waals surface area contributed by atoms with Crippen LogP contribution in [0.1, 0.15) is 35.6 Å². The number of aromatic nitrogens is 1. The predicted octanol–water partition coefficient (Wildman–Crippen LogP) is 6.30. The number of likely N-dealkylation sites (tertiary alicyclic amines) is 1. The fourth-order valence-corrected chi connectivity index (χ4v) is 4.54. The maximum absolute atomic E-state index is 13.0. The number of ether oxygens (including phenoxy) is 2. The summed E-state index contributed by atoms with van der Waals surface area (Å²) >= 11 is 0. The van der Waals surface area contributed by atoms with Gasteiger partial charge >= 0.3 is 12.2 Å². The maximum atomic E-state index is 13.0. The molecule has 172 valence electrons. The molecule has 1 amide bonds. The molecule has 34 heavy (non-hydrogen) atoms. The molecule has 6 heteroatoms. The van der Waals surface area contributed by atoms with Gasteiger partial charge in [-0.1, -0.05) is 78.9 Å². The summed E-state index contributed by atoms with van der Waals surface area (Å²) in [6.07, 6.45) is 2.63. The summed E-state index contributed by atoms with van der Waals surface area (Å²) in [5.41, 5.74) is 3.57. The topological polar surface area (TPSA) is 60.8 Å². The quantitative estimate of drug-likeness (QED) is 0.355. The van der Waals surface area contributed by atoms with Gasteiger partial charge in [0.1, 0.15) is 13.2 Å². The number of hydrogen-bond donors (Lipinski definition) is 0. The first kappa shape index (κ1) is 21.8. The molecule has 1 unspecified atom stereocenters. The van der Waals surface area contributed by atoms with E-state index in [4.69, 9.17) is 9.47 Å². The zero-order chi connectivity index (χ0) is 23.3. The van der Waals surface area contributed by atoms with E-state index >= 15 is 0 Å². The lowest BCUT2D eigenvalue weighted by Crippen LogP contribution is -2.31. The minimum atomic E-state index is -0.442. The summed E-state index contributed by atoms with van der Waals surface area (Å²) in [4.78, 5) is 27.7. The highest BCUT2D eigenvalue weighted by Crippen LogP contribution is 2.37. The number of hydrogen-bond acceptors (Lipinski definition) is 4. The van der Waals surface area contributed by atoms with Gasteiger partial charge < -0.3 is 14.4 Å². The lowest BCUT2D eigenvalue weighted by atomic mass is 10.0. The first-order valence-electron chi connectivity index (χ1n) is 11.5. The molecule has 1 aromatic heterocycles. The Bertz CT molecular complexity index is 1280. The van der Waals surface area contributed by atoms with Crippen molar-refractivity contribution in [2.75, 3.05) is 6.54 Å². The number of benzene rings is 3. The molecular weight excluding hydrogens is 428 g/mol. The summed E-state index contributed by atoms with van der Waals surface area (Å²) in [5.74, 6) is 0. The molecule has 6 nitrogen and oxygen atoms in total. The van der Waals surface area contributed by atoms with Crippen LogP contribution < -0.4 is 0 Å². The molecule has 4 aromatic rings. The molecule has 0 bridgehead atoms. The Kier molecular flexibility index (Phi) is 6.29. The number of fused-ring (bicyclic) bond motifs is 1. The van der Waals surface area contributed by atoms with E-state index in [1.807, 2.05) is 84.9 Å². The Morgan fingerprint density at radius 2 is 1.41 bits per heavy atom. The third kappa shape index (κ3) is 4.53. The van der Waals surface area contributed by atoms with E-state index in [9.17, 15) is 9.59 Å². The standard InChI is InChI=1S/C28H26N2O4/c31-27(33-19-21-9-3-1-4-10-21)29-17-8-15-25(29)24-14-7-13-23-16-18-30(26(23)24)28(32)34-20-22-11-5-2-6-12-22/h1-7,9-14,16,18,25H,8,15,17,19-20H2. The number of rotatable bonds is 5. The lowest BCUT2D eigenvalue weighted by Gasteiger charge is -2.25. The van der Waals surface area contributed by atoms with E-state index in [0.29, 0.717) is 6.54 Å². The minimum Gasteiger partial charge on any atom is -0.445 e. The Labute approximate surface area is 198 Å². The summed E-state index contributed by atoms with van der Waals surface area (Å²) in [6, 6.07) is 26.9. The molecule has 2 heterocycles. The average Bonchev–Trinajstić information content (AvgIpc) is 3.55. The zero-order valence-corrected chi connectivity index (χ0v) is 18.8. The van der Waals surface area contributed by atoms with Crippen LogP contribution in [-0.4, -0.2) is 28.2 Å². The minimum absolute atomic E-state index is 0.164. The smallest absolute Gasteiger partial charge is 0.418 e. The van der Waals surface area contributed by atoms with Gasteiger partial charge in [-0.3, -0.25) is 4.57 Å². The van der Waals surface area contributed by atoms with Crippen LogP contribution in [-0.2, 0) is 22.7 Å². The molecule has 1 aliphatic rings. The summed E-state index contributed by atoms with van der Waals surface area (Å²) < 4.78 is 12.7. The van der Waals surface area contributed by atoms with Crippen LogP contribution in [0.25, 0.3) is 10.9 Å². The highest BCUT2D eigenvalue weighted by molar-refractivity contribution is 5.92. The highest BCUT2D eigenvalue weighted by Gasteiger charge is 2.33. The molecule has 0 spiro atoms. The summed E-state index contributed by atoms with van der Waals surface area (Å²) in [6.45, 7) is 1.05. The maximum Gasteiger partial charge on any atom is 0.418 e. The van der Waals surface area contributed by atoms with Crippen LogP contribution in [0.3, 0.4) is 0 Å². The van der Waals surface area contributed by atoms with Crippen molar-refractivity contribution in [2.24, 2.45) is 0 Å². The van der Waals surface area contributed by atoms with Gasteiger partial charge in [-0.15, -0.1) is 0 Å². The van der Waals surface area contributed by atoms with E-state index in [1.54, 1.807) is 15.7 Å². The zero-order valence-electron chi connectivity index (χ0n) is 18.8. The van der Waals surface area contributed by atoms with Gasteiger partial charge in [-0.2, -0.15) is 0 Å². The van der Waals surface area contributed by atoms with E-state index in [-0.39, 0.29) is 25.3 Å². The van der Waals surface area contributed by atoms with Crippen molar-refractivity contribution in [3.8, 4) is 0 Å². The van der Waals surface area contributed by atoms with Crippen LogP contribution in [0, 0.1) is 0 Å². The van der Waals surface area contributed by atoms with Crippen molar-refractivity contribution in [3.63, 3.8) is 0 Å². The van der Waals surface area contributed by atoms with Gasteiger partial charge in [0, 0.05) is 18.1 Å². The number of amides is 1. The summed E-state index contributed by atoms with van der Waals surface area (Å²) in [5, 5.41) is 0.929. The molecule has 1 aliphatic heterocycles. The SMILES string of the molecule is O=C(OCc1ccccc1)N1CCCC1c1cccc2ccn(C(=O)OCc3ccccc3)c12. The lowest BCUT2D eigenvalue weighted by molar-refractivity contribution is 0.0922. The van der Waals surface area contributed by atoms with Gasteiger partial charge in [0.15, 0.2) is 0 Å². The first-order valence-corrected chi connectivity index (χ1v) is 11.5. The molecule has 5 rings (SSSR count). The Morgan fingerprint density at radius 1 is 0.765 bits per heavy atom. The largest absolute Gasteiger partial charge is 0.445 e. The Balaban J connectivity index is 1.36. The number of para-hydroxylation sites is 1. The second-order valence-electron chi connectivity index (χ2n) is 8.40. The molecule has 0 radical (unpaired) electrons. The van der Waals surface area contributed by atoms with Gasteiger partial charge in [-0.05, 0) is 35.6 Å². The van der Waals surface area contributed by atoms with Gasteiger partial charge in [0.2, 0.25) is 0 Å². The molecule has 1 fully saturated rings. The van der Waals surface area contributed by atoms with Gasteiger partial charge in [0.25, 0.3) is 0 Å². The second kappa shape index (κ2) is 9.83. The van der Waals surface area contributed by atoms with Crippen molar-refractivity contribution < 1.29 is 19.1 Å². The fourth-order valence-electron chi connectivity index (χ4n) is 4.54. The molecule has 0 aliphatic carbocycles. The van der Waals surface area contributed by atoms with E-state index in [2.05, 4.69) is 0 Å². The molecule has 1 atom stereocenters. The number of carbonyl (C=O) groups excluding carboxylic acids is 2. The Hall–Kier alpha value is -4.06. The monoisotopic (exact) mass is 454 g/mol. The fraction of sp³-hybridized carbons (Fsp3) is 0.214. The Morgan fingerprint density at radius 3 is 2.09 bits per heavy atom. The molecule has 0 saturated carbocycles. The third-order valence-corrected chi connectivity index (χ3v) is 6.20. The van der Waals surface area contributed by atoms with Crippen LogP contribution in [0.4, 0.5) is 9.59 Å². The van der Waals surface area contributed by atoms with Crippen molar-refractivity contribution >= 4 is 23.1 Å². The van der Waals surface area contributed by atoms with Crippen molar-refractivity contribution in [1.29, 1.82) is 0 Å². The van der Waals surface area contributed by atoms with Crippen LogP contribution in [0.15, 0.2) is 91.1 Å². The number of carbonyl (C=O) groups is 2. The van der Waals surface area contributed by atoms with Crippen molar-refractivity contribution in [1.82, 2.24) is 9.47 Å². The predicted molar refractivity (Wildman–Crippen MR) is 129 cm³/mol. The third-order valence-electron chi connectivity index (χ3n) is 6.20. The van der Waals surface area contributed by atoms with E-state index in [0.717, 1.165) is 40.4 Å². The van der Waals surface area contributed by atoms with Gasteiger partial charge in [0.05, 0.1) is 11.6 Å². The van der Waals surface area contributed by atoms with E-state index in [1.165, 1.54) is 0 Å². The van der Waals surface area contributed by atoms with Gasteiger partial charge in [-0.25, -0.2) is 9.59 Å².